The quantitative estimate of drug-likeness (QED) is 0.708. The van der Waals surface area contributed by atoms with Gasteiger partial charge in [-0.15, -0.1) is 11.3 Å². The van der Waals surface area contributed by atoms with Gasteiger partial charge in [-0.2, -0.15) is 0 Å². The predicted molar refractivity (Wildman–Crippen MR) is 103 cm³/mol. The van der Waals surface area contributed by atoms with Gasteiger partial charge in [-0.25, -0.2) is 9.97 Å². The third kappa shape index (κ3) is 4.08. The third-order valence-electron chi connectivity index (χ3n) is 3.96. The molecule has 3 aromatic rings. The maximum absolute atomic E-state index is 12.1. The number of rotatable bonds is 5. The first-order chi connectivity index (χ1) is 11.9. The van der Waals surface area contributed by atoms with Gasteiger partial charge in [0.1, 0.15) is 16.5 Å². The smallest absolute Gasteiger partial charge is 0.239 e. The number of carbonyl (C=O) groups is 1. The van der Waals surface area contributed by atoms with Crippen molar-refractivity contribution in [3.63, 3.8) is 0 Å². The number of amides is 1. The lowest BCUT2D eigenvalue weighted by Gasteiger charge is -2.09. The normalized spacial score (nSPS) is 10.9. The second kappa shape index (κ2) is 7.37. The summed E-state index contributed by atoms with van der Waals surface area (Å²) in [5.41, 5.74) is 2.16. The first-order valence-corrected chi connectivity index (χ1v) is 9.13. The van der Waals surface area contributed by atoms with E-state index in [2.05, 4.69) is 34.4 Å². The molecule has 7 heteroatoms. The Hall–Kier alpha value is -2.18. The average molecular weight is 375 g/mol. The number of nitrogens with zero attached hydrogens (tertiary/aromatic N) is 2. The molecule has 2 aromatic heterocycles. The number of fused-ring (bicyclic) bond motifs is 1. The highest BCUT2D eigenvalue weighted by Gasteiger charge is 2.14. The van der Waals surface area contributed by atoms with E-state index in [9.17, 15) is 4.79 Å². The van der Waals surface area contributed by atoms with E-state index in [0.29, 0.717) is 23.2 Å². The zero-order valence-electron chi connectivity index (χ0n) is 14.3. The number of hydrogen-bond acceptors (Lipinski definition) is 5. The van der Waals surface area contributed by atoms with Gasteiger partial charge in [0, 0.05) is 16.4 Å². The fraction of sp³-hybridized carbons (Fsp3) is 0.278. The third-order valence-corrected chi connectivity index (χ3v) is 5.31. The van der Waals surface area contributed by atoms with Crippen molar-refractivity contribution in [3.05, 3.63) is 51.1 Å². The van der Waals surface area contributed by atoms with E-state index >= 15 is 0 Å². The minimum atomic E-state index is -0.0935. The molecule has 130 valence electrons. The number of carbonyl (C=O) groups excluding carboxylic acids is 1. The summed E-state index contributed by atoms with van der Waals surface area (Å²) in [6.07, 6.45) is 0. The standard InChI is InChI=1S/C18H19ClN4OS/c1-10-11(2)25-18-16(10)17(22-12(3)23-18)21-9-15(24)20-8-13-4-6-14(19)7-5-13/h4-7H,8-9H2,1-3H3,(H,20,24)(H,21,22,23). The molecule has 0 saturated heterocycles. The molecule has 0 unspecified atom stereocenters. The molecule has 1 aromatic carbocycles. The molecule has 5 nitrogen and oxygen atoms in total. The summed E-state index contributed by atoms with van der Waals surface area (Å²) in [6.45, 7) is 6.60. The first kappa shape index (κ1) is 17.6. The van der Waals surface area contributed by atoms with Crippen LogP contribution in [0.1, 0.15) is 21.8 Å². The lowest BCUT2D eigenvalue weighted by Crippen LogP contribution is -2.29. The second-order valence-corrected chi connectivity index (χ2v) is 7.48. The summed E-state index contributed by atoms with van der Waals surface area (Å²) in [5.74, 6) is 1.31. The molecule has 1 amide bonds. The Bertz CT molecular complexity index is 921. The highest BCUT2D eigenvalue weighted by atomic mass is 35.5. The lowest BCUT2D eigenvalue weighted by atomic mass is 10.2. The number of benzene rings is 1. The van der Waals surface area contributed by atoms with E-state index in [4.69, 9.17) is 11.6 Å². The summed E-state index contributed by atoms with van der Waals surface area (Å²) >= 11 is 7.51. The minimum absolute atomic E-state index is 0.0935. The van der Waals surface area contributed by atoms with Crippen molar-refractivity contribution in [2.24, 2.45) is 0 Å². The largest absolute Gasteiger partial charge is 0.360 e. The van der Waals surface area contributed by atoms with Gasteiger partial charge in [-0.3, -0.25) is 4.79 Å². The highest BCUT2D eigenvalue weighted by Crippen LogP contribution is 2.33. The van der Waals surface area contributed by atoms with Gasteiger partial charge in [0.15, 0.2) is 0 Å². The number of hydrogen-bond donors (Lipinski definition) is 2. The van der Waals surface area contributed by atoms with E-state index in [1.54, 1.807) is 11.3 Å². The van der Waals surface area contributed by atoms with Gasteiger partial charge in [0.05, 0.1) is 11.9 Å². The van der Waals surface area contributed by atoms with Crippen LogP contribution in [0.2, 0.25) is 5.02 Å². The van der Waals surface area contributed by atoms with Crippen LogP contribution in [0.25, 0.3) is 10.2 Å². The monoisotopic (exact) mass is 374 g/mol. The number of thiophene rings is 1. The number of nitrogens with one attached hydrogen (secondary N) is 2. The molecular weight excluding hydrogens is 356 g/mol. The predicted octanol–water partition coefficient (Wildman–Crippen LogP) is 4.00. The Balaban J connectivity index is 1.66. The Morgan fingerprint density at radius 3 is 2.60 bits per heavy atom. The van der Waals surface area contributed by atoms with Crippen LogP contribution in [0.15, 0.2) is 24.3 Å². The lowest BCUT2D eigenvalue weighted by molar-refractivity contribution is -0.119. The van der Waals surface area contributed by atoms with Gasteiger partial charge < -0.3 is 10.6 Å². The van der Waals surface area contributed by atoms with Crippen LogP contribution in [0.5, 0.6) is 0 Å². The molecule has 0 saturated carbocycles. The van der Waals surface area contributed by atoms with Crippen LogP contribution in [0.3, 0.4) is 0 Å². The molecule has 0 aliphatic heterocycles. The van der Waals surface area contributed by atoms with Crippen LogP contribution in [-0.4, -0.2) is 22.4 Å². The van der Waals surface area contributed by atoms with Crippen molar-refractivity contribution in [1.82, 2.24) is 15.3 Å². The summed E-state index contributed by atoms with van der Waals surface area (Å²) in [7, 11) is 0. The van der Waals surface area contributed by atoms with Crippen LogP contribution in [0, 0.1) is 20.8 Å². The number of halogens is 1. The topological polar surface area (TPSA) is 66.9 Å². The second-order valence-electron chi connectivity index (χ2n) is 5.84. The summed E-state index contributed by atoms with van der Waals surface area (Å²) in [6, 6.07) is 7.41. The van der Waals surface area contributed by atoms with E-state index < -0.39 is 0 Å². The Morgan fingerprint density at radius 2 is 1.88 bits per heavy atom. The highest BCUT2D eigenvalue weighted by molar-refractivity contribution is 7.18. The molecule has 3 rings (SSSR count). The Labute approximate surface area is 155 Å². The SMILES string of the molecule is Cc1nc(NCC(=O)NCc2ccc(Cl)cc2)c2c(C)c(C)sc2n1. The molecule has 0 fully saturated rings. The average Bonchev–Trinajstić information content (AvgIpc) is 2.86. The van der Waals surface area contributed by atoms with Crippen molar-refractivity contribution in [2.75, 3.05) is 11.9 Å². The molecule has 25 heavy (non-hydrogen) atoms. The number of aromatic nitrogens is 2. The van der Waals surface area contributed by atoms with E-state index in [0.717, 1.165) is 21.3 Å². The molecule has 0 aliphatic carbocycles. The molecule has 0 spiro atoms. The summed E-state index contributed by atoms with van der Waals surface area (Å²) < 4.78 is 0. The van der Waals surface area contributed by atoms with Gasteiger partial charge in [0.25, 0.3) is 0 Å². The van der Waals surface area contributed by atoms with Crippen LogP contribution in [0.4, 0.5) is 5.82 Å². The van der Waals surface area contributed by atoms with Crippen molar-refractivity contribution < 1.29 is 4.79 Å². The minimum Gasteiger partial charge on any atom is -0.360 e. The Morgan fingerprint density at radius 1 is 1.16 bits per heavy atom. The molecule has 2 N–H and O–H groups in total. The van der Waals surface area contributed by atoms with E-state index in [1.807, 2.05) is 31.2 Å². The Kier molecular flexibility index (Phi) is 5.20. The fourth-order valence-corrected chi connectivity index (χ4v) is 3.71. The van der Waals surface area contributed by atoms with E-state index in [1.165, 1.54) is 4.88 Å². The maximum Gasteiger partial charge on any atom is 0.239 e. The molecule has 0 atom stereocenters. The first-order valence-electron chi connectivity index (χ1n) is 7.93. The number of aryl methyl sites for hydroxylation is 3. The van der Waals surface area contributed by atoms with Gasteiger partial charge >= 0.3 is 0 Å². The van der Waals surface area contributed by atoms with Crippen LogP contribution >= 0.6 is 22.9 Å². The van der Waals surface area contributed by atoms with Gasteiger partial charge in [0.2, 0.25) is 5.91 Å². The van der Waals surface area contributed by atoms with Crippen molar-refractivity contribution in [3.8, 4) is 0 Å². The molecule has 0 aliphatic rings. The van der Waals surface area contributed by atoms with Gasteiger partial charge in [-0.1, -0.05) is 23.7 Å². The molecule has 0 bridgehead atoms. The van der Waals surface area contributed by atoms with Gasteiger partial charge in [-0.05, 0) is 44.0 Å². The zero-order valence-corrected chi connectivity index (χ0v) is 15.9. The van der Waals surface area contributed by atoms with Crippen molar-refractivity contribution in [1.29, 1.82) is 0 Å². The van der Waals surface area contributed by atoms with Crippen LogP contribution in [-0.2, 0) is 11.3 Å². The molecule has 0 radical (unpaired) electrons. The maximum atomic E-state index is 12.1. The van der Waals surface area contributed by atoms with Crippen molar-refractivity contribution in [2.45, 2.75) is 27.3 Å². The van der Waals surface area contributed by atoms with Crippen LogP contribution < -0.4 is 10.6 Å². The summed E-state index contributed by atoms with van der Waals surface area (Å²) in [4.78, 5) is 23.2. The zero-order chi connectivity index (χ0) is 18.0. The van der Waals surface area contributed by atoms with Crippen molar-refractivity contribution >= 4 is 44.9 Å². The molecule has 2 heterocycles. The fourth-order valence-electron chi connectivity index (χ4n) is 2.51. The summed E-state index contributed by atoms with van der Waals surface area (Å²) in [5, 5.41) is 7.72. The van der Waals surface area contributed by atoms with E-state index in [-0.39, 0.29) is 12.5 Å². The number of anilines is 1. The molecular formula is C18H19ClN4OS.